The lowest BCUT2D eigenvalue weighted by atomic mass is 10.2. The molecule has 1 aromatic rings. The van der Waals surface area contributed by atoms with Crippen LogP contribution in [0, 0.1) is 0 Å². The second kappa shape index (κ2) is 5.07. The number of carbonyl (C=O) groups excluding carboxylic acids is 1. The van der Waals surface area contributed by atoms with Gasteiger partial charge in [0.05, 0.1) is 5.69 Å². The van der Waals surface area contributed by atoms with Gasteiger partial charge < -0.3 is 16.2 Å². The summed E-state index contributed by atoms with van der Waals surface area (Å²) in [6.45, 7) is -0.00597. The molecular weight excluding hydrogens is 236 g/mol. The first-order chi connectivity index (χ1) is 8.56. The number of carboxylic acid groups (broad SMARTS) is 1. The molecule has 0 aliphatic heterocycles. The highest BCUT2D eigenvalue weighted by atomic mass is 16.4. The van der Waals surface area contributed by atoms with Gasteiger partial charge in [0, 0.05) is 12.2 Å². The Balaban J connectivity index is 1.94. The molecule has 1 fully saturated rings. The smallest absolute Gasteiger partial charge is 0.358 e. The van der Waals surface area contributed by atoms with Crippen LogP contribution in [0.2, 0.25) is 0 Å². The van der Waals surface area contributed by atoms with E-state index in [0.29, 0.717) is 0 Å². The first-order valence-corrected chi connectivity index (χ1v) is 5.92. The standard InChI is InChI=1S/C11H16N4O3/c12-8-5-15(14-10(8)11(17)18)6-9(16)13-7-3-1-2-4-7/h5,7H,1-4,6,12H2,(H,13,16)(H,17,18). The lowest BCUT2D eigenvalue weighted by molar-refractivity contribution is -0.122. The molecule has 1 aliphatic carbocycles. The molecule has 0 radical (unpaired) electrons. The molecule has 2 rings (SSSR count). The molecule has 0 atom stereocenters. The molecule has 1 amide bonds. The summed E-state index contributed by atoms with van der Waals surface area (Å²) < 4.78 is 1.25. The Kier molecular flexibility index (Phi) is 3.50. The SMILES string of the molecule is Nc1cn(CC(=O)NC2CCCC2)nc1C(=O)O. The Hall–Kier alpha value is -2.05. The van der Waals surface area contributed by atoms with Crippen molar-refractivity contribution in [3.63, 3.8) is 0 Å². The van der Waals surface area contributed by atoms with Crippen LogP contribution in [0.25, 0.3) is 0 Å². The molecule has 0 saturated heterocycles. The minimum absolute atomic E-state index is 0.00597. The number of nitrogens with zero attached hydrogens (tertiary/aromatic N) is 2. The third kappa shape index (κ3) is 2.79. The number of aromatic nitrogens is 2. The molecule has 1 saturated carbocycles. The first kappa shape index (κ1) is 12.4. The maximum atomic E-state index is 11.7. The maximum absolute atomic E-state index is 11.7. The minimum Gasteiger partial charge on any atom is -0.476 e. The van der Waals surface area contributed by atoms with Gasteiger partial charge in [-0.05, 0) is 12.8 Å². The Morgan fingerprint density at radius 2 is 2.17 bits per heavy atom. The van der Waals surface area contributed by atoms with E-state index in [4.69, 9.17) is 10.8 Å². The lowest BCUT2D eigenvalue weighted by Gasteiger charge is -2.11. The first-order valence-electron chi connectivity index (χ1n) is 5.92. The number of rotatable bonds is 4. The number of hydrogen-bond acceptors (Lipinski definition) is 4. The summed E-state index contributed by atoms with van der Waals surface area (Å²) in [5, 5.41) is 15.4. The van der Waals surface area contributed by atoms with Gasteiger partial charge in [-0.15, -0.1) is 0 Å². The summed E-state index contributed by atoms with van der Waals surface area (Å²) in [6, 6.07) is 0.240. The van der Waals surface area contributed by atoms with Gasteiger partial charge in [0.2, 0.25) is 5.91 Å². The van der Waals surface area contributed by atoms with Gasteiger partial charge in [-0.2, -0.15) is 5.10 Å². The number of hydrogen-bond donors (Lipinski definition) is 3. The largest absolute Gasteiger partial charge is 0.476 e. The Morgan fingerprint density at radius 3 is 2.72 bits per heavy atom. The van der Waals surface area contributed by atoms with E-state index in [2.05, 4.69) is 10.4 Å². The molecule has 7 nitrogen and oxygen atoms in total. The minimum atomic E-state index is -1.19. The second-order valence-electron chi connectivity index (χ2n) is 4.48. The molecule has 0 spiro atoms. The predicted molar refractivity (Wildman–Crippen MR) is 64.0 cm³/mol. The normalized spacial score (nSPS) is 15.8. The monoisotopic (exact) mass is 252 g/mol. The molecule has 1 aromatic heterocycles. The van der Waals surface area contributed by atoms with Crippen molar-refractivity contribution >= 4 is 17.6 Å². The molecule has 18 heavy (non-hydrogen) atoms. The Morgan fingerprint density at radius 1 is 1.50 bits per heavy atom. The number of nitrogen functional groups attached to an aromatic ring is 1. The number of aromatic carboxylic acids is 1. The van der Waals surface area contributed by atoms with Gasteiger partial charge in [0.15, 0.2) is 5.69 Å². The third-order valence-corrected chi connectivity index (χ3v) is 3.02. The highest BCUT2D eigenvalue weighted by molar-refractivity contribution is 5.91. The molecule has 0 bridgehead atoms. The van der Waals surface area contributed by atoms with Crippen molar-refractivity contribution in [3.05, 3.63) is 11.9 Å². The van der Waals surface area contributed by atoms with Crippen molar-refractivity contribution < 1.29 is 14.7 Å². The number of amides is 1. The average Bonchev–Trinajstić information content (AvgIpc) is 2.88. The topological polar surface area (TPSA) is 110 Å². The quantitative estimate of drug-likeness (QED) is 0.710. The van der Waals surface area contributed by atoms with E-state index in [1.54, 1.807) is 0 Å². The average molecular weight is 252 g/mol. The van der Waals surface area contributed by atoms with E-state index in [1.807, 2.05) is 0 Å². The van der Waals surface area contributed by atoms with E-state index >= 15 is 0 Å². The van der Waals surface area contributed by atoms with Crippen LogP contribution >= 0.6 is 0 Å². The van der Waals surface area contributed by atoms with Crippen LogP contribution in [-0.4, -0.2) is 32.8 Å². The molecule has 1 aliphatic rings. The number of anilines is 1. The van der Waals surface area contributed by atoms with Gasteiger partial charge in [-0.3, -0.25) is 9.48 Å². The summed E-state index contributed by atoms with van der Waals surface area (Å²) in [5.41, 5.74) is 5.33. The second-order valence-corrected chi connectivity index (χ2v) is 4.48. The number of carboxylic acids is 1. The van der Waals surface area contributed by atoms with E-state index in [1.165, 1.54) is 10.9 Å². The summed E-state index contributed by atoms with van der Waals surface area (Å²) in [7, 11) is 0. The van der Waals surface area contributed by atoms with Crippen molar-refractivity contribution in [2.45, 2.75) is 38.3 Å². The van der Waals surface area contributed by atoms with E-state index < -0.39 is 5.97 Å². The Bertz CT molecular complexity index is 463. The van der Waals surface area contributed by atoms with Crippen LogP contribution < -0.4 is 11.1 Å². The summed E-state index contributed by atoms with van der Waals surface area (Å²) in [6.07, 6.45) is 5.66. The highest BCUT2D eigenvalue weighted by Gasteiger charge is 2.18. The highest BCUT2D eigenvalue weighted by Crippen LogP contribution is 2.17. The van der Waals surface area contributed by atoms with Crippen LogP contribution in [0.15, 0.2) is 6.20 Å². The molecule has 0 unspecified atom stereocenters. The van der Waals surface area contributed by atoms with Crippen molar-refractivity contribution in [2.24, 2.45) is 0 Å². The molecule has 1 heterocycles. The van der Waals surface area contributed by atoms with Crippen molar-refractivity contribution in [1.29, 1.82) is 0 Å². The molecule has 4 N–H and O–H groups in total. The van der Waals surface area contributed by atoms with E-state index in [9.17, 15) is 9.59 Å². The maximum Gasteiger partial charge on any atom is 0.358 e. The predicted octanol–water partition coefficient (Wildman–Crippen LogP) is 0.222. The van der Waals surface area contributed by atoms with E-state index in [-0.39, 0.29) is 29.9 Å². The van der Waals surface area contributed by atoms with Crippen molar-refractivity contribution in [2.75, 3.05) is 5.73 Å². The zero-order valence-corrected chi connectivity index (χ0v) is 9.93. The number of nitrogens with one attached hydrogen (secondary N) is 1. The molecular formula is C11H16N4O3. The van der Waals surface area contributed by atoms with Gasteiger partial charge in [0.1, 0.15) is 6.54 Å². The molecule has 98 valence electrons. The van der Waals surface area contributed by atoms with Crippen LogP contribution in [-0.2, 0) is 11.3 Å². The van der Waals surface area contributed by atoms with E-state index in [0.717, 1.165) is 25.7 Å². The fourth-order valence-electron chi connectivity index (χ4n) is 2.17. The van der Waals surface area contributed by atoms with Crippen LogP contribution in [0.5, 0.6) is 0 Å². The summed E-state index contributed by atoms with van der Waals surface area (Å²) >= 11 is 0. The lowest BCUT2D eigenvalue weighted by Crippen LogP contribution is -2.35. The zero-order chi connectivity index (χ0) is 13.1. The fourth-order valence-corrected chi connectivity index (χ4v) is 2.17. The van der Waals surface area contributed by atoms with Crippen LogP contribution in [0.1, 0.15) is 36.2 Å². The zero-order valence-electron chi connectivity index (χ0n) is 9.93. The van der Waals surface area contributed by atoms with Gasteiger partial charge in [0.25, 0.3) is 0 Å². The van der Waals surface area contributed by atoms with Crippen LogP contribution in [0.3, 0.4) is 0 Å². The number of nitrogens with two attached hydrogens (primary N) is 1. The number of carbonyl (C=O) groups is 2. The van der Waals surface area contributed by atoms with Crippen molar-refractivity contribution in [1.82, 2.24) is 15.1 Å². The van der Waals surface area contributed by atoms with Gasteiger partial charge >= 0.3 is 5.97 Å². The fraction of sp³-hybridized carbons (Fsp3) is 0.545. The van der Waals surface area contributed by atoms with Crippen LogP contribution in [0.4, 0.5) is 5.69 Å². The molecule has 7 heteroatoms. The summed E-state index contributed by atoms with van der Waals surface area (Å²) in [5.74, 6) is -1.36. The van der Waals surface area contributed by atoms with Crippen molar-refractivity contribution in [3.8, 4) is 0 Å². The van der Waals surface area contributed by atoms with Gasteiger partial charge in [-0.1, -0.05) is 12.8 Å². The third-order valence-electron chi connectivity index (χ3n) is 3.02. The summed E-state index contributed by atoms with van der Waals surface area (Å²) in [4.78, 5) is 22.4. The van der Waals surface area contributed by atoms with Gasteiger partial charge in [-0.25, -0.2) is 4.79 Å². The molecule has 0 aromatic carbocycles. The Labute approximate surface area is 104 Å².